The molecule has 2 atom stereocenters. The molecule has 2 aromatic rings. The number of carbonyl (C=O) groups is 1. The Morgan fingerprint density at radius 1 is 0.840 bits per heavy atom. The fraction of sp³-hybridized carbons (Fsp3) is 0.630. The first-order chi connectivity index (χ1) is 24.2. The number of likely N-dealkylation sites (N-methyl/N-ethyl adjacent to an activating group) is 1. The van der Waals surface area contributed by atoms with Crippen molar-refractivity contribution in [2.45, 2.75) is 150 Å². The van der Waals surface area contributed by atoms with Gasteiger partial charge in [-0.1, -0.05) is 152 Å². The van der Waals surface area contributed by atoms with Gasteiger partial charge in [-0.3, -0.25) is 9.69 Å². The summed E-state index contributed by atoms with van der Waals surface area (Å²) >= 11 is 0. The number of unbranched alkanes of at least 4 members (excludes halogenated alkanes) is 2. The number of nitrogens with zero attached hydrogens (tertiary/aromatic N) is 2. The third kappa shape index (κ3) is 15.2. The molecule has 1 aliphatic carbocycles. The summed E-state index contributed by atoms with van der Waals surface area (Å²) in [7, 11) is 4.34. The number of carboxylic acid groups (broad SMARTS) is 1. The smallest absolute Gasteiger partial charge is 0.321 e. The van der Waals surface area contributed by atoms with E-state index in [0.717, 1.165) is 45.2 Å². The van der Waals surface area contributed by atoms with Crippen molar-refractivity contribution in [2.24, 2.45) is 11.8 Å². The first-order valence-corrected chi connectivity index (χ1v) is 20.3. The maximum absolute atomic E-state index is 11.8. The van der Waals surface area contributed by atoms with Crippen LogP contribution in [0.4, 0.5) is 0 Å². The van der Waals surface area contributed by atoms with Gasteiger partial charge < -0.3 is 10.0 Å². The Labute approximate surface area is 308 Å². The number of aliphatic carboxylic acids is 1. The quantitative estimate of drug-likeness (QED) is 0.179. The van der Waals surface area contributed by atoms with Crippen LogP contribution in [0.25, 0.3) is 0 Å². The van der Waals surface area contributed by atoms with Crippen LogP contribution in [0, 0.1) is 11.8 Å². The summed E-state index contributed by atoms with van der Waals surface area (Å²) in [6.45, 7) is 15.5. The summed E-state index contributed by atoms with van der Waals surface area (Å²) in [5.41, 5.74) is 7.28. The molecule has 2 aliphatic rings. The first kappa shape index (κ1) is 43.3. The van der Waals surface area contributed by atoms with Crippen LogP contribution in [0.15, 0.2) is 83.6 Å². The molecule has 1 heterocycles. The predicted octanol–water partition coefficient (Wildman–Crippen LogP) is 12.3. The average molecular weight is 687 g/mol. The number of likely N-dealkylation sites (tertiary alicyclic amines) is 1. The van der Waals surface area contributed by atoms with Crippen molar-refractivity contribution in [1.29, 1.82) is 0 Å². The average Bonchev–Trinajstić information content (AvgIpc) is 3.61. The lowest BCUT2D eigenvalue weighted by molar-refractivity contribution is -0.145. The monoisotopic (exact) mass is 687 g/mol. The van der Waals surface area contributed by atoms with E-state index in [1.54, 1.807) is 11.1 Å². The predicted molar refractivity (Wildman–Crippen MR) is 217 cm³/mol. The highest BCUT2D eigenvalue weighted by Gasteiger charge is 2.38. The van der Waals surface area contributed by atoms with E-state index in [2.05, 4.69) is 126 Å². The molecule has 0 bridgehead atoms. The molecule has 4 nitrogen and oxygen atoms in total. The number of benzene rings is 2. The minimum atomic E-state index is -0.615. The van der Waals surface area contributed by atoms with Crippen LogP contribution in [0.3, 0.4) is 0 Å². The lowest BCUT2D eigenvalue weighted by atomic mass is 9.83. The third-order valence-corrected chi connectivity index (χ3v) is 10.8. The van der Waals surface area contributed by atoms with E-state index in [4.69, 9.17) is 0 Å². The molecule has 1 saturated heterocycles. The molecule has 4 rings (SSSR count). The van der Waals surface area contributed by atoms with Gasteiger partial charge in [-0.05, 0) is 92.5 Å². The van der Waals surface area contributed by atoms with Crippen LogP contribution in [0.2, 0.25) is 0 Å². The van der Waals surface area contributed by atoms with Gasteiger partial charge in [-0.2, -0.15) is 0 Å². The normalized spacial score (nSPS) is 18.0. The Morgan fingerprint density at radius 3 is 1.90 bits per heavy atom. The molecule has 50 heavy (non-hydrogen) atoms. The molecule has 2 aromatic carbocycles. The van der Waals surface area contributed by atoms with Gasteiger partial charge in [-0.25, -0.2) is 0 Å². The molecule has 1 N–H and O–H groups in total. The zero-order valence-electron chi connectivity index (χ0n) is 33.4. The van der Waals surface area contributed by atoms with Crippen molar-refractivity contribution in [2.75, 3.05) is 27.2 Å². The van der Waals surface area contributed by atoms with E-state index in [0.29, 0.717) is 17.8 Å². The highest BCUT2D eigenvalue weighted by molar-refractivity contribution is 5.74. The molecule has 0 radical (unpaired) electrons. The molecule has 2 unspecified atom stereocenters. The van der Waals surface area contributed by atoms with Gasteiger partial charge in [0.25, 0.3) is 0 Å². The summed E-state index contributed by atoms with van der Waals surface area (Å²) < 4.78 is 0. The maximum Gasteiger partial charge on any atom is 0.321 e. The molecule has 1 saturated carbocycles. The van der Waals surface area contributed by atoms with Crippen molar-refractivity contribution in [3.05, 3.63) is 94.7 Å². The van der Waals surface area contributed by atoms with E-state index in [1.807, 2.05) is 6.07 Å². The Kier molecular flexibility index (Phi) is 21.8. The molecule has 280 valence electrons. The van der Waals surface area contributed by atoms with E-state index >= 15 is 0 Å². The van der Waals surface area contributed by atoms with Gasteiger partial charge in [0.15, 0.2) is 0 Å². The molecular formula is C46H74N2O2. The summed E-state index contributed by atoms with van der Waals surface area (Å²) in [5.74, 6) is 0.934. The van der Waals surface area contributed by atoms with Crippen LogP contribution >= 0.6 is 0 Å². The molecule has 4 heteroatoms. The van der Waals surface area contributed by atoms with Gasteiger partial charge in [-0.15, -0.1) is 0 Å². The molecule has 0 amide bonds. The fourth-order valence-corrected chi connectivity index (χ4v) is 7.77. The second kappa shape index (κ2) is 25.2. The topological polar surface area (TPSA) is 43.8 Å². The minimum Gasteiger partial charge on any atom is -0.480 e. The summed E-state index contributed by atoms with van der Waals surface area (Å²) in [4.78, 5) is 16.3. The number of hydrogen-bond donors (Lipinski definition) is 1. The second-order valence-electron chi connectivity index (χ2n) is 15.0. The summed E-state index contributed by atoms with van der Waals surface area (Å²) in [5, 5.41) is 9.70. The number of rotatable bonds is 16. The standard InChI is InChI=1S/C23H37N.C18H25NO2.C5H12/c1-7-13-21(14-8-2)23(19(4)9-3)18-22(24(5)6)17-20-15-11-10-12-16-20;20-18(21)17(15-9-5-2-6-10-15)19-12-11-16(13-19)14-7-3-1-4-8-14;1-3-5-4-2/h10-12,15-16,18,21H,7-9,13-14,17H2,1-6H3;1,3-4,7-8,15-17H,2,5-6,9-13H2,(H,20,21);3-5H2,1-2H3/b22-18-,23-19?;;. The number of hydrogen-bond acceptors (Lipinski definition) is 3. The van der Waals surface area contributed by atoms with Crippen molar-refractivity contribution in [3.63, 3.8) is 0 Å². The van der Waals surface area contributed by atoms with Crippen LogP contribution in [0.5, 0.6) is 0 Å². The summed E-state index contributed by atoms with van der Waals surface area (Å²) in [6, 6.07) is 21.1. The second-order valence-corrected chi connectivity index (χ2v) is 15.0. The van der Waals surface area contributed by atoms with Crippen LogP contribution in [-0.4, -0.2) is 54.1 Å². The van der Waals surface area contributed by atoms with Crippen molar-refractivity contribution in [3.8, 4) is 0 Å². The SMILES string of the molecule is CCCC(CCC)C(/C=C(/Cc1ccccc1)N(C)C)=C(C)CC.CCCCC.O=C(O)C(C1CCCCC1)N1CCC(c2ccccc2)C1. The number of carboxylic acids is 1. The van der Waals surface area contributed by atoms with Gasteiger partial charge >= 0.3 is 5.97 Å². The van der Waals surface area contributed by atoms with Gasteiger partial charge in [0.2, 0.25) is 0 Å². The highest BCUT2D eigenvalue weighted by Crippen LogP contribution is 2.35. The van der Waals surface area contributed by atoms with Crippen molar-refractivity contribution >= 4 is 5.97 Å². The minimum absolute atomic E-state index is 0.265. The van der Waals surface area contributed by atoms with Crippen LogP contribution in [0.1, 0.15) is 148 Å². The Morgan fingerprint density at radius 2 is 1.42 bits per heavy atom. The maximum atomic E-state index is 11.8. The van der Waals surface area contributed by atoms with E-state index in [-0.39, 0.29) is 6.04 Å². The molecule has 1 aliphatic heterocycles. The zero-order valence-corrected chi connectivity index (χ0v) is 33.4. The molecule has 0 spiro atoms. The Bertz CT molecular complexity index is 1220. The zero-order chi connectivity index (χ0) is 36.7. The van der Waals surface area contributed by atoms with E-state index < -0.39 is 5.97 Å². The molecular weight excluding hydrogens is 613 g/mol. The van der Waals surface area contributed by atoms with E-state index in [1.165, 1.54) is 81.0 Å². The van der Waals surface area contributed by atoms with Gasteiger partial charge in [0.1, 0.15) is 6.04 Å². The molecule has 2 fully saturated rings. The van der Waals surface area contributed by atoms with Crippen molar-refractivity contribution < 1.29 is 9.90 Å². The highest BCUT2D eigenvalue weighted by atomic mass is 16.4. The Hall–Kier alpha value is -2.85. The third-order valence-electron chi connectivity index (χ3n) is 10.8. The molecule has 0 aromatic heterocycles. The fourth-order valence-electron chi connectivity index (χ4n) is 7.77. The van der Waals surface area contributed by atoms with Gasteiger partial charge in [0.05, 0.1) is 0 Å². The lowest BCUT2D eigenvalue weighted by Gasteiger charge is -2.33. The lowest BCUT2D eigenvalue weighted by Crippen LogP contribution is -2.45. The Balaban J connectivity index is 0.000000307. The van der Waals surface area contributed by atoms with Crippen molar-refractivity contribution in [1.82, 2.24) is 9.80 Å². The number of allylic oxidation sites excluding steroid dienone is 4. The largest absolute Gasteiger partial charge is 0.480 e. The summed E-state index contributed by atoms with van der Waals surface area (Å²) in [6.07, 6.45) is 20.7. The van der Waals surface area contributed by atoms with Gasteiger partial charge in [0, 0.05) is 32.8 Å². The van der Waals surface area contributed by atoms with Crippen LogP contribution in [-0.2, 0) is 11.2 Å². The van der Waals surface area contributed by atoms with E-state index in [9.17, 15) is 9.90 Å². The first-order valence-electron chi connectivity index (χ1n) is 20.3. The van der Waals surface area contributed by atoms with Crippen LogP contribution < -0.4 is 0 Å².